The van der Waals surface area contributed by atoms with E-state index in [1.807, 2.05) is 58.0 Å². The molecule has 1 fully saturated rings. The maximum Gasteiger partial charge on any atom is 0.410 e. The Bertz CT molecular complexity index is 568. The van der Waals surface area contributed by atoms with Crippen LogP contribution in [0.5, 0.6) is 0 Å². The molecule has 0 bridgehead atoms. The number of benzene rings is 1. The number of carbonyl (C=O) groups is 2. The van der Waals surface area contributed by atoms with Crippen LogP contribution in [-0.2, 0) is 16.1 Å². The summed E-state index contributed by atoms with van der Waals surface area (Å²) >= 11 is 0. The second-order valence-electron chi connectivity index (χ2n) is 7.12. The maximum absolute atomic E-state index is 12.2. The highest BCUT2D eigenvalue weighted by atomic mass is 16.6. The standard InChI is InChI=1S/C18H26N2O4/c1-13-10-15(19-16(21)24-18(2,3)4)11-20(13)17(22)23-12-14-8-6-5-7-9-14/h5-9,13,15H,10-12H2,1-4H3,(H,19,21)/t13-,15+/m0/s1. The van der Waals surface area contributed by atoms with E-state index < -0.39 is 11.7 Å². The van der Waals surface area contributed by atoms with Gasteiger partial charge < -0.3 is 19.7 Å². The summed E-state index contributed by atoms with van der Waals surface area (Å²) in [5.41, 5.74) is 0.406. The second-order valence-corrected chi connectivity index (χ2v) is 7.12. The van der Waals surface area contributed by atoms with Crippen LogP contribution < -0.4 is 5.32 Å². The van der Waals surface area contributed by atoms with Gasteiger partial charge in [0.15, 0.2) is 0 Å². The van der Waals surface area contributed by atoms with Gasteiger partial charge >= 0.3 is 12.2 Å². The first kappa shape index (κ1) is 18.1. The van der Waals surface area contributed by atoms with Crippen LogP contribution in [0.2, 0.25) is 0 Å². The predicted molar refractivity (Wildman–Crippen MR) is 90.6 cm³/mol. The molecule has 0 aromatic heterocycles. The van der Waals surface area contributed by atoms with Gasteiger partial charge in [-0.15, -0.1) is 0 Å². The van der Waals surface area contributed by atoms with E-state index in [1.54, 1.807) is 4.90 Å². The molecule has 132 valence electrons. The molecular weight excluding hydrogens is 308 g/mol. The fourth-order valence-corrected chi connectivity index (χ4v) is 2.67. The third-order valence-corrected chi connectivity index (χ3v) is 3.74. The molecule has 1 aliphatic heterocycles. The first-order valence-corrected chi connectivity index (χ1v) is 8.21. The topological polar surface area (TPSA) is 67.9 Å². The Hall–Kier alpha value is -2.24. The number of nitrogens with zero attached hydrogens (tertiary/aromatic N) is 1. The van der Waals surface area contributed by atoms with Crippen molar-refractivity contribution in [3.63, 3.8) is 0 Å². The van der Waals surface area contributed by atoms with E-state index in [4.69, 9.17) is 9.47 Å². The molecule has 24 heavy (non-hydrogen) atoms. The molecule has 0 unspecified atom stereocenters. The van der Waals surface area contributed by atoms with Gasteiger partial charge in [0.2, 0.25) is 0 Å². The minimum Gasteiger partial charge on any atom is -0.445 e. The number of rotatable bonds is 3. The monoisotopic (exact) mass is 334 g/mol. The van der Waals surface area contributed by atoms with Crippen LogP contribution in [0, 0.1) is 0 Å². The Balaban J connectivity index is 1.82. The molecule has 2 rings (SSSR count). The van der Waals surface area contributed by atoms with E-state index in [-0.39, 0.29) is 24.8 Å². The summed E-state index contributed by atoms with van der Waals surface area (Å²) < 4.78 is 10.6. The lowest BCUT2D eigenvalue weighted by atomic mass is 10.2. The molecule has 6 nitrogen and oxygen atoms in total. The largest absolute Gasteiger partial charge is 0.445 e. The number of likely N-dealkylation sites (tertiary alicyclic amines) is 1. The summed E-state index contributed by atoms with van der Waals surface area (Å²) in [6.07, 6.45) is -0.140. The Kier molecular flexibility index (Phi) is 5.70. The van der Waals surface area contributed by atoms with Gasteiger partial charge in [0.25, 0.3) is 0 Å². The van der Waals surface area contributed by atoms with Gasteiger partial charge in [-0.3, -0.25) is 0 Å². The van der Waals surface area contributed by atoms with Gasteiger partial charge in [0, 0.05) is 12.6 Å². The quantitative estimate of drug-likeness (QED) is 0.921. The van der Waals surface area contributed by atoms with Crippen molar-refractivity contribution in [2.24, 2.45) is 0 Å². The van der Waals surface area contributed by atoms with Crippen molar-refractivity contribution in [1.29, 1.82) is 0 Å². The zero-order valence-corrected chi connectivity index (χ0v) is 14.7. The number of hydrogen-bond acceptors (Lipinski definition) is 4. The number of amides is 2. The lowest BCUT2D eigenvalue weighted by Crippen LogP contribution is -2.41. The average Bonchev–Trinajstić information content (AvgIpc) is 2.84. The fraction of sp³-hybridized carbons (Fsp3) is 0.556. The summed E-state index contributed by atoms with van der Waals surface area (Å²) in [5, 5.41) is 2.81. The molecule has 0 aliphatic carbocycles. The van der Waals surface area contributed by atoms with Crippen molar-refractivity contribution in [2.75, 3.05) is 6.54 Å². The first-order chi connectivity index (χ1) is 11.2. The van der Waals surface area contributed by atoms with Crippen LogP contribution >= 0.6 is 0 Å². The van der Waals surface area contributed by atoms with Gasteiger partial charge in [-0.25, -0.2) is 9.59 Å². The molecule has 0 radical (unpaired) electrons. The molecule has 1 aliphatic rings. The van der Waals surface area contributed by atoms with Crippen molar-refractivity contribution in [3.8, 4) is 0 Å². The SMILES string of the molecule is C[C@H]1C[C@@H](NC(=O)OC(C)(C)C)CN1C(=O)OCc1ccccc1. The third-order valence-electron chi connectivity index (χ3n) is 3.74. The highest BCUT2D eigenvalue weighted by molar-refractivity contribution is 5.70. The number of alkyl carbamates (subject to hydrolysis) is 1. The van der Waals surface area contributed by atoms with Gasteiger partial charge in [-0.1, -0.05) is 30.3 Å². The van der Waals surface area contributed by atoms with Crippen LogP contribution in [0.1, 0.15) is 39.7 Å². The lowest BCUT2D eigenvalue weighted by Gasteiger charge is -2.22. The molecule has 1 aromatic rings. The molecule has 1 heterocycles. The average molecular weight is 334 g/mol. The smallest absolute Gasteiger partial charge is 0.410 e. The number of nitrogens with one attached hydrogen (secondary N) is 1. The Labute approximate surface area is 143 Å². The van der Waals surface area contributed by atoms with Crippen LogP contribution in [0.3, 0.4) is 0 Å². The Morgan fingerprint density at radius 1 is 1.25 bits per heavy atom. The molecule has 2 atom stereocenters. The minimum atomic E-state index is -0.539. The van der Waals surface area contributed by atoms with Gasteiger partial charge in [-0.05, 0) is 39.7 Å². The first-order valence-electron chi connectivity index (χ1n) is 8.21. The minimum absolute atomic E-state index is 0.00760. The lowest BCUT2D eigenvalue weighted by molar-refractivity contribution is 0.0502. The van der Waals surface area contributed by atoms with Crippen LogP contribution in [0.15, 0.2) is 30.3 Å². The number of ether oxygens (including phenoxy) is 2. The Morgan fingerprint density at radius 3 is 2.54 bits per heavy atom. The molecule has 1 saturated heterocycles. The molecular formula is C18H26N2O4. The number of carbonyl (C=O) groups excluding carboxylic acids is 2. The van der Waals surface area contributed by atoms with Crippen molar-refractivity contribution in [2.45, 2.75) is 58.4 Å². The summed E-state index contributed by atoms with van der Waals surface area (Å²) in [5.74, 6) is 0. The van der Waals surface area contributed by atoms with E-state index in [0.29, 0.717) is 13.0 Å². The highest BCUT2D eigenvalue weighted by Gasteiger charge is 2.35. The molecule has 0 spiro atoms. The van der Waals surface area contributed by atoms with Crippen LogP contribution in [0.25, 0.3) is 0 Å². The molecule has 6 heteroatoms. The fourth-order valence-electron chi connectivity index (χ4n) is 2.67. The van der Waals surface area contributed by atoms with E-state index >= 15 is 0 Å². The van der Waals surface area contributed by atoms with Gasteiger partial charge in [0.1, 0.15) is 12.2 Å². The third kappa shape index (κ3) is 5.44. The van der Waals surface area contributed by atoms with Crippen LogP contribution in [0.4, 0.5) is 9.59 Å². The highest BCUT2D eigenvalue weighted by Crippen LogP contribution is 2.19. The molecule has 2 amide bonds. The van der Waals surface area contributed by atoms with Crippen LogP contribution in [-0.4, -0.2) is 41.3 Å². The van der Waals surface area contributed by atoms with Crippen molar-refractivity contribution in [3.05, 3.63) is 35.9 Å². The van der Waals surface area contributed by atoms with Gasteiger partial charge in [0.05, 0.1) is 6.04 Å². The van der Waals surface area contributed by atoms with E-state index in [0.717, 1.165) is 5.56 Å². The van der Waals surface area contributed by atoms with E-state index in [9.17, 15) is 9.59 Å². The molecule has 1 N–H and O–H groups in total. The van der Waals surface area contributed by atoms with E-state index in [2.05, 4.69) is 5.32 Å². The van der Waals surface area contributed by atoms with Crippen molar-refractivity contribution in [1.82, 2.24) is 10.2 Å². The summed E-state index contributed by atoms with van der Waals surface area (Å²) in [4.78, 5) is 25.7. The normalized spacial score (nSPS) is 20.6. The van der Waals surface area contributed by atoms with E-state index in [1.165, 1.54) is 0 Å². The van der Waals surface area contributed by atoms with Crippen molar-refractivity contribution >= 4 is 12.2 Å². The van der Waals surface area contributed by atoms with Crippen molar-refractivity contribution < 1.29 is 19.1 Å². The molecule has 0 saturated carbocycles. The number of hydrogen-bond donors (Lipinski definition) is 1. The second kappa shape index (κ2) is 7.55. The summed E-state index contributed by atoms with van der Waals surface area (Å²) in [6.45, 7) is 8.06. The Morgan fingerprint density at radius 2 is 1.92 bits per heavy atom. The van der Waals surface area contributed by atoms with Gasteiger partial charge in [-0.2, -0.15) is 0 Å². The zero-order chi connectivity index (χ0) is 17.7. The zero-order valence-electron chi connectivity index (χ0n) is 14.7. The summed E-state index contributed by atoms with van der Waals surface area (Å²) in [7, 11) is 0. The maximum atomic E-state index is 12.2. The molecule has 1 aromatic carbocycles. The predicted octanol–water partition coefficient (Wildman–Crippen LogP) is 3.31. The summed E-state index contributed by atoms with van der Waals surface area (Å²) in [6, 6.07) is 9.43.